The molecule has 3 aromatic carbocycles. The Morgan fingerprint density at radius 2 is 1.52 bits per heavy atom. The molecule has 3 rings (SSSR count). The molecule has 0 radical (unpaired) electrons. The lowest BCUT2D eigenvalue weighted by Gasteiger charge is -2.19. The molecule has 3 aromatic rings. The highest BCUT2D eigenvalue weighted by atomic mass is 16.5. The number of carbonyl (C=O) groups excluding carboxylic acids is 4. The minimum Gasteiger partial charge on any atom is -0.495 e. The van der Waals surface area contributed by atoms with Crippen molar-refractivity contribution in [2.75, 3.05) is 57.1 Å². The zero-order valence-corrected chi connectivity index (χ0v) is 25.2. The third-order valence-corrected chi connectivity index (χ3v) is 6.47. The Hall–Kier alpha value is -4.94. The molecule has 0 bridgehead atoms. The molecule has 4 N–H and O–H groups in total. The van der Waals surface area contributed by atoms with Gasteiger partial charge in [0.05, 0.1) is 52.0 Å². The molecule has 0 heterocycles. The Morgan fingerprint density at radius 3 is 2.20 bits per heavy atom. The van der Waals surface area contributed by atoms with Crippen LogP contribution in [0.2, 0.25) is 0 Å². The first-order valence-electron chi connectivity index (χ1n) is 13.9. The molecule has 0 aromatic heterocycles. The highest BCUT2D eigenvalue weighted by molar-refractivity contribution is 6.01. The van der Waals surface area contributed by atoms with Gasteiger partial charge in [-0.05, 0) is 53.9 Å². The SMILES string of the molecule is COCCOCC(=O)N[C@H](CC(=O)OC)c1ccc(NC(=O)Cc2ccc(NC(=O)Nc3ccccc3C)c(OC)c2)cc1. The van der Waals surface area contributed by atoms with E-state index in [1.165, 1.54) is 21.3 Å². The molecular weight excluding hydrogens is 568 g/mol. The summed E-state index contributed by atoms with van der Waals surface area (Å²) in [6.45, 7) is 2.34. The van der Waals surface area contributed by atoms with E-state index in [9.17, 15) is 19.2 Å². The number of anilines is 3. The summed E-state index contributed by atoms with van der Waals surface area (Å²) in [6, 6.07) is 18.2. The quantitative estimate of drug-likeness (QED) is 0.148. The zero-order valence-electron chi connectivity index (χ0n) is 25.2. The molecule has 0 fully saturated rings. The van der Waals surface area contributed by atoms with E-state index < -0.39 is 23.9 Å². The maximum atomic E-state index is 12.8. The van der Waals surface area contributed by atoms with Crippen LogP contribution in [0.25, 0.3) is 0 Å². The monoisotopic (exact) mass is 606 g/mol. The first-order chi connectivity index (χ1) is 21.2. The van der Waals surface area contributed by atoms with Gasteiger partial charge in [-0.2, -0.15) is 0 Å². The molecule has 234 valence electrons. The van der Waals surface area contributed by atoms with Crippen LogP contribution in [0.4, 0.5) is 21.9 Å². The first-order valence-corrected chi connectivity index (χ1v) is 13.9. The Kier molecular flexibility index (Phi) is 13.2. The van der Waals surface area contributed by atoms with Crippen LogP contribution < -0.4 is 26.0 Å². The van der Waals surface area contributed by atoms with Gasteiger partial charge in [-0.3, -0.25) is 14.4 Å². The minimum absolute atomic E-state index is 0.0535. The number of carbonyl (C=O) groups is 4. The van der Waals surface area contributed by atoms with Crippen molar-refractivity contribution in [1.29, 1.82) is 0 Å². The Labute approximate surface area is 256 Å². The fraction of sp³-hybridized carbons (Fsp3) is 0.312. The van der Waals surface area contributed by atoms with Crippen LogP contribution >= 0.6 is 0 Å². The van der Waals surface area contributed by atoms with Gasteiger partial charge in [0.1, 0.15) is 12.4 Å². The lowest BCUT2D eigenvalue weighted by molar-refractivity contribution is -0.141. The molecule has 4 amide bonds. The summed E-state index contributed by atoms with van der Waals surface area (Å²) in [5.74, 6) is -0.750. The second-order valence-corrected chi connectivity index (χ2v) is 9.72. The summed E-state index contributed by atoms with van der Waals surface area (Å²) < 4.78 is 20.4. The van der Waals surface area contributed by atoms with Crippen molar-refractivity contribution in [1.82, 2.24) is 5.32 Å². The van der Waals surface area contributed by atoms with Gasteiger partial charge in [0.2, 0.25) is 11.8 Å². The number of urea groups is 1. The van der Waals surface area contributed by atoms with E-state index in [1.807, 2.05) is 31.2 Å². The standard InChI is InChI=1S/C32H38N4O8/c1-21-7-5-6-8-25(21)35-32(40)36-26-14-9-22(17-28(26)42-3)18-29(37)33-24-12-10-23(11-13-24)27(19-31(39)43-4)34-30(38)20-44-16-15-41-2/h5-14,17,27H,15-16,18-20H2,1-4H3,(H,33,37)(H,34,38)(H2,35,36,40)/t27-/m1/s1. The number of ether oxygens (including phenoxy) is 4. The van der Waals surface area contributed by atoms with Crippen LogP contribution in [-0.4, -0.2) is 65.0 Å². The molecule has 0 unspecified atom stereocenters. The van der Waals surface area contributed by atoms with E-state index >= 15 is 0 Å². The van der Waals surface area contributed by atoms with Gasteiger partial charge in [-0.25, -0.2) is 4.79 Å². The van der Waals surface area contributed by atoms with Gasteiger partial charge in [-0.1, -0.05) is 36.4 Å². The normalized spacial score (nSPS) is 11.2. The van der Waals surface area contributed by atoms with Gasteiger partial charge in [-0.15, -0.1) is 0 Å². The fourth-order valence-corrected chi connectivity index (χ4v) is 4.17. The number of nitrogens with one attached hydrogen (secondary N) is 4. The van der Waals surface area contributed by atoms with E-state index in [4.69, 9.17) is 18.9 Å². The van der Waals surface area contributed by atoms with Crippen LogP contribution in [0, 0.1) is 6.92 Å². The topological polar surface area (TPSA) is 153 Å². The van der Waals surface area contributed by atoms with Crippen molar-refractivity contribution in [3.05, 3.63) is 83.4 Å². The zero-order chi connectivity index (χ0) is 31.9. The van der Waals surface area contributed by atoms with E-state index in [1.54, 1.807) is 42.5 Å². The van der Waals surface area contributed by atoms with E-state index in [2.05, 4.69) is 21.3 Å². The molecule has 12 nitrogen and oxygen atoms in total. The second-order valence-electron chi connectivity index (χ2n) is 9.72. The number of rotatable bonds is 15. The summed E-state index contributed by atoms with van der Waals surface area (Å²) in [7, 11) is 4.29. The molecular formula is C32H38N4O8. The summed E-state index contributed by atoms with van der Waals surface area (Å²) in [5, 5.41) is 11.2. The van der Waals surface area contributed by atoms with Gasteiger partial charge in [0.15, 0.2) is 0 Å². The second kappa shape index (κ2) is 17.2. The van der Waals surface area contributed by atoms with Crippen LogP contribution in [0.3, 0.4) is 0 Å². The molecule has 0 saturated carbocycles. The first kappa shape index (κ1) is 33.6. The van der Waals surface area contributed by atoms with Gasteiger partial charge in [0, 0.05) is 18.5 Å². The van der Waals surface area contributed by atoms with E-state index in [0.29, 0.717) is 40.5 Å². The van der Waals surface area contributed by atoms with Crippen LogP contribution in [0.1, 0.15) is 29.2 Å². The maximum absolute atomic E-state index is 12.8. The van der Waals surface area contributed by atoms with Crippen molar-refractivity contribution < 1.29 is 38.1 Å². The third-order valence-electron chi connectivity index (χ3n) is 6.47. The summed E-state index contributed by atoms with van der Waals surface area (Å²) in [5.41, 5.74) is 3.93. The molecule has 0 aliphatic carbocycles. The highest BCUT2D eigenvalue weighted by Crippen LogP contribution is 2.27. The minimum atomic E-state index is -0.649. The molecule has 44 heavy (non-hydrogen) atoms. The third kappa shape index (κ3) is 10.7. The smallest absolute Gasteiger partial charge is 0.323 e. The van der Waals surface area contributed by atoms with Gasteiger partial charge >= 0.3 is 12.0 Å². The predicted molar refractivity (Wildman–Crippen MR) is 166 cm³/mol. The lowest BCUT2D eigenvalue weighted by atomic mass is 10.0. The van der Waals surface area contributed by atoms with Crippen molar-refractivity contribution in [2.45, 2.75) is 25.8 Å². The average Bonchev–Trinajstić information content (AvgIpc) is 3.01. The molecule has 1 atom stereocenters. The molecule has 0 aliphatic rings. The Bertz CT molecular complexity index is 1430. The van der Waals surface area contributed by atoms with E-state index in [-0.39, 0.29) is 32.0 Å². The molecule has 0 saturated heterocycles. The van der Waals surface area contributed by atoms with Crippen molar-refractivity contribution in [3.8, 4) is 5.75 Å². The largest absolute Gasteiger partial charge is 0.495 e. The van der Waals surface area contributed by atoms with Crippen molar-refractivity contribution in [3.63, 3.8) is 0 Å². The van der Waals surface area contributed by atoms with Gasteiger partial charge < -0.3 is 40.2 Å². The highest BCUT2D eigenvalue weighted by Gasteiger charge is 2.19. The summed E-state index contributed by atoms with van der Waals surface area (Å²) in [6.07, 6.45) is -0.0237. The van der Waals surface area contributed by atoms with Crippen molar-refractivity contribution >= 4 is 40.9 Å². The number of aryl methyl sites for hydroxylation is 1. The van der Waals surface area contributed by atoms with Crippen LogP contribution in [0.5, 0.6) is 5.75 Å². The summed E-state index contributed by atoms with van der Waals surface area (Å²) >= 11 is 0. The van der Waals surface area contributed by atoms with Crippen molar-refractivity contribution in [2.24, 2.45) is 0 Å². The Balaban J connectivity index is 1.59. The maximum Gasteiger partial charge on any atom is 0.323 e. The number of benzene rings is 3. The van der Waals surface area contributed by atoms with Gasteiger partial charge in [0.25, 0.3) is 0 Å². The average molecular weight is 607 g/mol. The predicted octanol–water partition coefficient (Wildman–Crippen LogP) is 4.21. The number of amides is 4. The number of para-hydroxylation sites is 1. The fourth-order valence-electron chi connectivity index (χ4n) is 4.17. The number of hydrogen-bond donors (Lipinski definition) is 4. The number of methoxy groups -OCH3 is 3. The molecule has 0 spiro atoms. The molecule has 0 aliphatic heterocycles. The van der Waals surface area contributed by atoms with E-state index in [0.717, 1.165) is 5.56 Å². The number of esters is 1. The van der Waals surface area contributed by atoms with Crippen LogP contribution in [0.15, 0.2) is 66.7 Å². The molecule has 12 heteroatoms. The lowest BCUT2D eigenvalue weighted by Crippen LogP contribution is -2.33. The Morgan fingerprint density at radius 1 is 0.795 bits per heavy atom. The summed E-state index contributed by atoms with van der Waals surface area (Å²) in [4.78, 5) is 49.6. The van der Waals surface area contributed by atoms with Crippen LogP contribution in [-0.2, 0) is 35.0 Å². The number of hydrogen-bond acceptors (Lipinski definition) is 8.